The van der Waals surface area contributed by atoms with E-state index in [0.29, 0.717) is 6.61 Å². The molecule has 0 aliphatic carbocycles. The average Bonchev–Trinajstić information content (AvgIpc) is 1.98. The van der Waals surface area contributed by atoms with E-state index >= 15 is 0 Å². The first-order valence-corrected chi connectivity index (χ1v) is 3.87. The summed E-state index contributed by atoms with van der Waals surface area (Å²) in [4.78, 5) is 0. The minimum Gasteiger partial charge on any atom is -0.386 e. The predicted molar refractivity (Wildman–Crippen MR) is 44.3 cm³/mol. The van der Waals surface area contributed by atoms with Crippen molar-refractivity contribution in [3.8, 4) is 0 Å². The minimum absolute atomic E-state index is 0.0657. The third-order valence-electron chi connectivity index (χ3n) is 1.76. The van der Waals surface area contributed by atoms with Crippen molar-refractivity contribution < 1.29 is 9.84 Å². The molecule has 0 saturated heterocycles. The molecule has 2 unspecified atom stereocenters. The van der Waals surface area contributed by atoms with Crippen LogP contribution in [-0.2, 0) is 4.74 Å². The molecule has 0 spiro atoms. The Balaban J connectivity index is 2.63. The summed E-state index contributed by atoms with van der Waals surface area (Å²) in [5.74, 6) is 0. The lowest BCUT2D eigenvalue weighted by atomic mass is 10.1. The molecule has 62 valence electrons. The molecule has 0 fully saturated rings. The number of hydrogen-bond acceptors (Lipinski definition) is 2. The van der Waals surface area contributed by atoms with Crippen molar-refractivity contribution in [2.45, 2.75) is 26.1 Å². The molecule has 0 aromatic carbocycles. The molecule has 2 heteroatoms. The molecule has 0 radical (unpaired) electrons. The molecule has 1 heterocycles. The predicted octanol–water partition coefficient (Wildman–Crippen LogP) is 1.27. The number of ether oxygens (including phenoxy) is 1. The number of hydrogen-bond donors (Lipinski definition) is 1. The Morgan fingerprint density at radius 3 is 3.00 bits per heavy atom. The van der Waals surface area contributed by atoms with Crippen molar-refractivity contribution in [2.75, 3.05) is 6.61 Å². The standard InChI is InChI=1S/C9H14O2/c1-3-4-8-5-9(10)7(2)11-6-8/h3-5,7,9-10H,6H2,1-2H3/b4-3+. The maximum Gasteiger partial charge on any atom is 0.0986 e. The monoisotopic (exact) mass is 154 g/mol. The van der Waals surface area contributed by atoms with E-state index in [1.165, 1.54) is 0 Å². The van der Waals surface area contributed by atoms with Crippen LogP contribution in [0.4, 0.5) is 0 Å². The summed E-state index contributed by atoms with van der Waals surface area (Å²) in [5, 5.41) is 9.34. The van der Waals surface area contributed by atoms with Crippen LogP contribution in [0.2, 0.25) is 0 Å². The second-order valence-corrected chi connectivity index (χ2v) is 2.75. The van der Waals surface area contributed by atoms with Crippen LogP contribution >= 0.6 is 0 Å². The first-order chi connectivity index (χ1) is 5.24. The van der Waals surface area contributed by atoms with Gasteiger partial charge < -0.3 is 9.84 Å². The van der Waals surface area contributed by atoms with Crippen molar-refractivity contribution in [3.63, 3.8) is 0 Å². The van der Waals surface area contributed by atoms with Crippen LogP contribution in [0.15, 0.2) is 23.8 Å². The first-order valence-electron chi connectivity index (χ1n) is 3.87. The molecular weight excluding hydrogens is 140 g/mol. The molecule has 11 heavy (non-hydrogen) atoms. The van der Waals surface area contributed by atoms with Crippen LogP contribution in [0.25, 0.3) is 0 Å². The molecule has 0 aromatic rings. The van der Waals surface area contributed by atoms with E-state index in [4.69, 9.17) is 4.74 Å². The van der Waals surface area contributed by atoms with E-state index in [-0.39, 0.29) is 6.10 Å². The van der Waals surface area contributed by atoms with Gasteiger partial charge in [0.2, 0.25) is 0 Å². The van der Waals surface area contributed by atoms with Crippen LogP contribution in [0.5, 0.6) is 0 Å². The Hall–Kier alpha value is -0.600. The molecule has 0 bridgehead atoms. The van der Waals surface area contributed by atoms with Crippen molar-refractivity contribution in [3.05, 3.63) is 23.8 Å². The van der Waals surface area contributed by atoms with Crippen molar-refractivity contribution in [2.24, 2.45) is 0 Å². The molecule has 1 aliphatic rings. The number of rotatable bonds is 1. The Morgan fingerprint density at radius 2 is 2.45 bits per heavy atom. The minimum atomic E-state index is -0.449. The van der Waals surface area contributed by atoms with Gasteiger partial charge in [-0.15, -0.1) is 0 Å². The summed E-state index contributed by atoms with van der Waals surface area (Å²) >= 11 is 0. The van der Waals surface area contributed by atoms with Gasteiger partial charge in [0.1, 0.15) is 0 Å². The summed E-state index contributed by atoms with van der Waals surface area (Å²) < 4.78 is 5.29. The van der Waals surface area contributed by atoms with Gasteiger partial charge in [0.05, 0.1) is 18.8 Å². The van der Waals surface area contributed by atoms with Crippen molar-refractivity contribution >= 4 is 0 Å². The fourth-order valence-electron chi connectivity index (χ4n) is 1.05. The van der Waals surface area contributed by atoms with Crippen molar-refractivity contribution in [1.29, 1.82) is 0 Å². The van der Waals surface area contributed by atoms with Crippen LogP contribution in [-0.4, -0.2) is 23.9 Å². The highest BCUT2D eigenvalue weighted by Crippen LogP contribution is 2.13. The number of allylic oxidation sites excluding steroid dienone is 1. The molecule has 2 atom stereocenters. The molecule has 0 saturated carbocycles. The Labute approximate surface area is 67.2 Å². The van der Waals surface area contributed by atoms with E-state index in [1.807, 2.05) is 32.1 Å². The summed E-state index contributed by atoms with van der Waals surface area (Å²) in [7, 11) is 0. The van der Waals surface area contributed by atoms with Crippen molar-refractivity contribution in [1.82, 2.24) is 0 Å². The number of aliphatic hydroxyl groups is 1. The second-order valence-electron chi connectivity index (χ2n) is 2.75. The average molecular weight is 154 g/mol. The summed E-state index contributed by atoms with van der Waals surface area (Å²) in [6.45, 7) is 4.43. The quantitative estimate of drug-likeness (QED) is 0.616. The van der Waals surface area contributed by atoms with Gasteiger partial charge in [-0.25, -0.2) is 0 Å². The normalized spacial score (nSPS) is 32.5. The van der Waals surface area contributed by atoms with E-state index in [1.54, 1.807) is 0 Å². The second kappa shape index (κ2) is 3.69. The van der Waals surface area contributed by atoms with Crippen LogP contribution in [0.1, 0.15) is 13.8 Å². The van der Waals surface area contributed by atoms with Gasteiger partial charge >= 0.3 is 0 Å². The molecule has 2 nitrogen and oxygen atoms in total. The molecule has 1 N–H and O–H groups in total. The fourth-order valence-corrected chi connectivity index (χ4v) is 1.05. The van der Waals surface area contributed by atoms with Crippen LogP contribution < -0.4 is 0 Å². The lowest BCUT2D eigenvalue weighted by Gasteiger charge is -2.22. The summed E-state index contributed by atoms with van der Waals surface area (Å²) in [5.41, 5.74) is 1.05. The highest BCUT2D eigenvalue weighted by Gasteiger charge is 2.17. The van der Waals surface area contributed by atoms with E-state index < -0.39 is 6.10 Å². The highest BCUT2D eigenvalue weighted by molar-refractivity contribution is 5.22. The topological polar surface area (TPSA) is 29.5 Å². The van der Waals surface area contributed by atoms with E-state index in [2.05, 4.69) is 0 Å². The lowest BCUT2D eigenvalue weighted by molar-refractivity contribution is -0.00677. The summed E-state index contributed by atoms with van der Waals surface area (Å²) in [6.07, 6.45) is 5.22. The van der Waals surface area contributed by atoms with Crippen LogP contribution in [0, 0.1) is 0 Å². The van der Waals surface area contributed by atoms with Gasteiger partial charge in [-0.3, -0.25) is 0 Å². The maximum absolute atomic E-state index is 9.34. The Bertz CT molecular complexity index is 182. The Morgan fingerprint density at radius 1 is 1.73 bits per heavy atom. The fraction of sp³-hybridized carbons (Fsp3) is 0.556. The van der Waals surface area contributed by atoms with Gasteiger partial charge in [-0.05, 0) is 25.5 Å². The van der Waals surface area contributed by atoms with Gasteiger partial charge in [0.15, 0.2) is 0 Å². The van der Waals surface area contributed by atoms with E-state index in [9.17, 15) is 5.11 Å². The van der Waals surface area contributed by atoms with Gasteiger partial charge in [-0.2, -0.15) is 0 Å². The van der Waals surface area contributed by atoms with E-state index in [0.717, 1.165) is 5.57 Å². The zero-order valence-electron chi connectivity index (χ0n) is 6.95. The van der Waals surface area contributed by atoms with Crippen LogP contribution in [0.3, 0.4) is 0 Å². The lowest BCUT2D eigenvalue weighted by Crippen LogP contribution is -2.29. The van der Waals surface area contributed by atoms with Gasteiger partial charge in [-0.1, -0.05) is 12.2 Å². The van der Waals surface area contributed by atoms with Gasteiger partial charge in [0.25, 0.3) is 0 Å². The summed E-state index contributed by atoms with van der Waals surface area (Å²) in [6, 6.07) is 0. The molecule has 0 aromatic heterocycles. The SMILES string of the molecule is C/C=C/C1=CC(O)C(C)OC1. The third kappa shape index (κ3) is 2.17. The zero-order valence-corrected chi connectivity index (χ0v) is 6.95. The highest BCUT2D eigenvalue weighted by atomic mass is 16.5. The molecule has 1 aliphatic heterocycles. The zero-order chi connectivity index (χ0) is 8.27. The number of aliphatic hydroxyl groups excluding tert-OH is 1. The smallest absolute Gasteiger partial charge is 0.0986 e. The molecular formula is C9H14O2. The third-order valence-corrected chi connectivity index (χ3v) is 1.76. The molecule has 0 amide bonds. The van der Waals surface area contributed by atoms with Gasteiger partial charge in [0, 0.05) is 0 Å². The largest absolute Gasteiger partial charge is 0.386 e. The Kier molecular flexibility index (Phi) is 2.85. The first kappa shape index (κ1) is 8.50. The maximum atomic E-state index is 9.34. The molecule has 1 rings (SSSR count).